The van der Waals surface area contributed by atoms with Gasteiger partial charge in [0, 0.05) is 11.1 Å². The number of carbonyl (C=O) groups excluding carboxylic acids is 2. The van der Waals surface area contributed by atoms with Crippen molar-refractivity contribution in [3.63, 3.8) is 0 Å². The minimum absolute atomic E-state index is 0.0626. The molecular weight excluding hydrogens is 350 g/mol. The molecule has 0 aromatic heterocycles. The zero-order valence-corrected chi connectivity index (χ0v) is 18.3. The van der Waals surface area contributed by atoms with Gasteiger partial charge >= 0.3 is 18.0 Å². The molecule has 0 bridgehead atoms. The summed E-state index contributed by atoms with van der Waals surface area (Å²) in [5.74, 6) is -2.01. The SMILES string of the molecule is CC(C)(C)OC(=O)N1C(C)(C)CC(C(=O)O)(C(=O)OC(C)(C)C)CC1(C)C. The Morgan fingerprint density at radius 3 is 1.48 bits per heavy atom. The number of amides is 1. The van der Waals surface area contributed by atoms with Gasteiger partial charge in [-0.15, -0.1) is 0 Å². The van der Waals surface area contributed by atoms with Crippen molar-refractivity contribution in [2.24, 2.45) is 5.41 Å². The molecule has 1 fully saturated rings. The van der Waals surface area contributed by atoms with E-state index in [0.29, 0.717) is 0 Å². The molecule has 1 heterocycles. The van der Waals surface area contributed by atoms with Gasteiger partial charge in [0.1, 0.15) is 11.2 Å². The fourth-order valence-corrected chi connectivity index (χ4v) is 4.08. The van der Waals surface area contributed by atoms with Gasteiger partial charge in [-0.3, -0.25) is 14.5 Å². The molecule has 0 aliphatic carbocycles. The average molecular weight is 386 g/mol. The minimum atomic E-state index is -1.74. The summed E-state index contributed by atoms with van der Waals surface area (Å²) in [6.07, 6.45) is -0.652. The third-order valence-electron chi connectivity index (χ3n) is 4.45. The van der Waals surface area contributed by atoms with Crippen LogP contribution in [0.3, 0.4) is 0 Å². The van der Waals surface area contributed by atoms with E-state index in [0.717, 1.165) is 0 Å². The van der Waals surface area contributed by atoms with Gasteiger partial charge in [0.2, 0.25) is 0 Å². The Labute approximate surface area is 162 Å². The Bertz CT molecular complexity index is 603. The molecule has 156 valence electrons. The van der Waals surface area contributed by atoms with Crippen molar-refractivity contribution in [2.45, 2.75) is 104 Å². The first kappa shape index (κ1) is 23.2. The molecule has 1 saturated heterocycles. The van der Waals surface area contributed by atoms with Crippen molar-refractivity contribution in [3.8, 4) is 0 Å². The maximum atomic E-state index is 12.9. The van der Waals surface area contributed by atoms with Gasteiger partial charge in [0.15, 0.2) is 5.41 Å². The number of ether oxygens (including phenoxy) is 2. The Balaban J connectivity index is 3.38. The predicted octanol–water partition coefficient (Wildman–Crippen LogP) is 3.99. The maximum Gasteiger partial charge on any atom is 0.411 e. The number of piperidine rings is 1. The molecule has 0 aromatic rings. The average Bonchev–Trinajstić information content (AvgIpc) is 2.29. The molecular formula is C20H35NO6. The number of nitrogens with zero attached hydrogens (tertiary/aromatic N) is 1. The Hall–Kier alpha value is -1.79. The molecule has 1 aliphatic heterocycles. The molecule has 7 nitrogen and oxygen atoms in total. The van der Waals surface area contributed by atoms with Crippen molar-refractivity contribution in [3.05, 3.63) is 0 Å². The summed E-state index contributed by atoms with van der Waals surface area (Å²) in [5, 5.41) is 10.00. The second-order valence-corrected chi connectivity index (χ2v) is 10.7. The molecule has 1 aliphatic rings. The number of likely N-dealkylation sites (tertiary alicyclic amines) is 1. The highest BCUT2D eigenvalue weighted by atomic mass is 16.6. The predicted molar refractivity (Wildman–Crippen MR) is 101 cm³/mol. The van der Waals surface area contributed by atoms with Gasteiger partial charge in [0.05, 0.1) is 0 Å². The molecule has 0 aromatic carbocycles. The monoisotopic (exact) mass is 385 g/mol. The first-order chi connectivity index (χ1) is 11.7. The lowest BCUT2D eigenvalue weighted by molar-refractivity contribution is -0.191. The van der Waals surface area contributed by atoms with Crippen LogP contribution in [0.2, 0.25) is 0 Å². The number of carbonyl (C=O) groups is 3. The molecule has 0 saturated carbocycles. The number of aliphatic carboxylic acids is 1. The van der Waals surface area contributed by atoms with E-state index in [1.807, 2.05) is 0 Å². The minimum Gasteiger partial charge on any atom is -0.480 e. The number of carboxylic acid groups (broad SMARTS) is 1. The normalized spacial score (nSPS) is 21.3. The van der Waals surface area contributed by atoms with E-state index < -0.39 is 45.7 Å². The van der Waals surface area contributed by atoms with Gasteiger partial charge < -0.3 is 14.6 Å². The molecule has 7 heteroatoms. The van der Waals surface area contributed by atoms with Crippen molar-refractivity contribution < 1.29 is 29.0 Å². The lowest BCUT2D eigenvalue weighted by Crippen LogP contribution is -2.68. The molecule has 1 rings (SSSR count). The summed E-state index contributed by atoms with van der Waals surface area (Å²) in [6.45, 7) is 17.4. The van der Waals surface area contributed by atoms with Gasteiger partial charge in [-0.05, 0) is 82.1 Å². The van der Waals surface area contributed by atoms with Crippen LogP contribution in [0.15, 0.2) is 0 Å². The highest BCUT2D eigenvalue weighted by molar-refractivity contribution is 6.00. The Morgan fingerprint density at radius 1 is 0.815 bits per heavy atom. The first-order valence-corrected chi connectivity index (χ1v) is 9.24. The molecule has 0 atom stereocenters. The summed E-state index contributed by atoms with van der Waals surface area (Å²) in [5.41, 5.74) is -5.09. The van der Waals surface area contributed by atoms with E-state index in [9.17, 15) is 19.5 Å². The first-order valence-electron chi connectivity index (χ1n) is 9.24. The van der Waals surface area contributed by atoms with Crippen LogP contribution in [0.25, 0.3) is 0 Å². The van der Waals surface area contributed by atoms with Crippen LogP contribution in [0.1, 0.15) is 82.1 Å². The zero-order chi connectivity index (χ0) is 21.6. The topological polar surface area (TPSA) is 93.1 Å². The van der Waals surface area contributed by atoms with Gasteiger partial charge in [-0.1, -0.05) is 0 Å². The summed E-state index contributed by atoms with van der Waals surface area (Å²) in [6, 6.07) is 0. The van der Waals surface area contributed by atoms with Crippen LogP contribution < -0.4 is 0 Å². The lowest BCUT2D eigenvalue weighted by Gasteiger charge is -2.56. The van der Waals surface area contributed by atoms with Gasteiger partial charge in [-0.2, -0.15) is 0 Å². The fraction of sp³-hybridized carbons (Fsp3) is 0.850. The Morgan fingerprint density at radius 2 is 1.19 bits per heavy atom. The Kier molecular flexibility index (Phi) is 5.75. The molecule has 0 unspecified atom stereocenters. The number of rotatable bonds is 2. The van der Waals surface area contributed by atoms with Crippen LogP contribution in [-0.2, 0) is 19.1 Å². The van der Waals surface area contributed by atoms with Gasteiger partial charge in [-0.25, -0.2) is 4.79 Å². The van der Waals surface area contributed by atoms with E-state index in [1.54, 1.807) is 74.1 Å². The highest BCUT2D eigenvalue weighted by Gasteiger charge is 2.62. The maximum absolute atomic E-state index is 12.9. The number of hydrogen-bond acceptors (Lipinski definition) is 5. The van der Waals surface area contributed by atoms with Crippen LogP contribution >= 0.6 is 0 Å². The van der Waals surface area contributed by atoms with Gasteiger partial charge in [0.25, 0.3) is 0 Å². The second kappa shape index (κ2) is 6.67. The molecule has 0 radical (unpaired) electrons. The fourth-order valence-electron chi connectivity index (χ4n) is 4.08. The summed E-state index contributed by atoms with van der Waals surface area (Å²) in [4.78, 5) is 39.6. The highest BCUT2D eigenvalue weighted by Crippen LogP contribution is 2.50. The second-order valence-electron chi connectivity index (χ2n) is 10.7. The van der Waals surface area contributed by atoms with Crippen molar-refractivity contribution >= 4 is 18.0 Å². The summed E-state index contributed by atoms with van der Waals surface area (Å²) >= 11 is 0. The third-order valence-corrected chi connectivity index (χ3v) is 4.45. The number of carboxylic acids is 1. The summed E-state index contributed by atoms with van der Waals surface area (Å²) < 4.78 is 11.0. The number of hydrogen-bond donors (Lipinski definition) is 1. The summed E-state index contributed by atoms with van der Waals surface area (Å²) in [7, 11) is 0. The van der Waals surface area contributed by atoms with Crippen molar-refractivity contribution in [1.82, 2.24) is 4.90 Å². The zero-order valence-electron chi connectivity index (χ0n) is 18.3. The smallest absolute Gasteiger partial charge is 0.411 e. The van der Waals surface area contributed by atoms with Crippen molar-refractivity contribution in [2.75, 3.05) is 0 Å². The van der Waals surface area contributed by atoms with E-state index in [-0.39, 0.29) is 12.8 Å². The van der Waals surface area contributed by atoms with E-state index in [2.05, 4.69) is 0 Å². The largest absolute Gasteiger partial charge is 0.480 e. The quantitative estimate of drug-likeness (QED) is 0.571. The van der Waals surface area contributed by atoms with Crippen LogP contribution in [-0.4, -0.2) is 50.3 Å². The van der Waals surface area contributed by atoms with E-state index in [1.165, 1.54) is 0 Å². The molecule has 0 spiro atoms. The molecule has 1 amide bonds. The van der Waals surface area contributed by atoms with E-state index in [4.69, 9.17) is 9.47 Å². The standard InChI is InChI=1S/C20H35NO6/c1-16(2,3)26-14(24)20(13(22)23)11-18(7,8)21(19(9,10)12-20)15(25)27-17(4,5)6/h11-12H2,1-10H3,(H,22,23). The van der Waals surface area contributed by atoms with Crippen LogP contribution in [0, 0.1) is 5.41 Å². The molecule has 27 heavy (non-hydrogen) atoms. The van der Waals surface area contributed by atoms with E-state index >= 15 is 0 Å². The van der Waals surface area contributed by atoms with Crippen molar-refractivity contribution in [1.29, 1.82) is 0 Å². The third kappa shape index (κ3) is 5.14. The molecule has 1 N–H and O–H groups in total. The lowest BCUT2D eigenvalue weighted by atomic mass is 9.64. The number of esters is 1. The van der Waals surface area contributed by atoms with Crippen LogP contribution in [0.5, 0.6) is 0 Å². The van der Waals surface area contributed by atoms with Crippen LogP contribution in [0.4, 0.5) is 4.79 Å².